The number of aryl methyl sites for hydroxylation is 1. The predicted octanol–water partition coefficient (Wildman–Crippen LogP) is 6.08. The summed E-state index contributed by atoms with van der Waals surface area (Å²) in [6.07, 6.45) is 0. The van der Waals surface area contributed by atoms with Crippen molar-refractivity contribution in [2.45, 2.75) is 33.1 Å². The first-order chi connectivity index (χ1) is 15.7. The van der Waals surface area contributed by atoms with Gasteiger partial charge in [-0.3, -0.25) is 9.59 Å². The Morgan fingerprint density at radius 3 is 2.33 bits per heavy atom. The smallest absolute Gasteiger partial charge is 0.262 e. The number of benzene rings is 3. The van der Waals surface area contributed by atoms with Gasteiger partial charge < -0.3 is 14.5 Å². The molecule has 1 amide bonds. The Labute approximate surface area is 193 Å². The summed E-state index contributed by atoms with van der Waals surface area (Å²) in [7, 11) is 0. The molecule has 0 saturated carbocycles. The third-order valence-electron chi connectivity index (χ3n) is 5.42. The van der Waals surface area contributed by atoms with Gasteiger partial charge >= 0.3 is 0 Å². The molecule has 168 valence electrons. The van der Waals surface area contributed by atoms with Gasteiger partial charge in [-0.25, -0.2) is 0 Å². The fourth-order valence-electron chi connectivity index (χ4n) is 3.58. The fraction of sp³-hybridized carbons (Fsp3) is 0.214. The van der Waals surface area contributed by atoms with Crippen molar-refractivity contribution in [3.63, 3.8) is 0 Å². The number of para-hydroxylation sites is 1. The van der Waals surface area contributed by atoms with E-state index in [0.717, 1.165) is 11.1 Å². The number of fused-ring (bicyclic) bond motifs is 1. The van der Waals surface area contributed by atoms with E-state index in [1.165, 1.54) is 0 Å². The molecule has 0 atom stereocenters. The number of carbonyl (C=O) groups is 1. The average Bonchev–Trinajstić information content (AvgIpc) is 2.78. The minimum Gasteiger partial charge on any atom is -0.476 e. The van der Waals surface area contributed by atoms with Gasteiger partial charge in [-0.2, -0.15) is 0 Å². The van der Waals surface area contributed by atoms with Crippen LogP contribution in [0.1, 0.15) is 31.9 Å². The van der Waals surface area contributed by atoms with Crippen molar-refractivity contribution in [2.75, 3.05) is 11.9 Å². The van der Waals surface area contributed by atoms with E-state index < -0.39 is 0 Å². The molecule has 33 heavy (non-hydrogen) atoms. The minimum absolute atomic E-state index is 0.00524. The standard InChI is InChI=1S/C28H27NO4/c1-18-10-15-22-23(16-18)33-26(19-11-13-20(14-12-19)28(2,3)4)27(25(22)31)32-17-24(30)29-21-8-6-5-7-9-21/h5-16H,17H2,1-4H3,(H,29,30). The van der Waals surface area contributed by atoms with Crippen LogP contribution >= 0.6 is 0 Å². The summed E-state index contributed by atoms with van der Waals surface area (Å²) < 4.78 is 11.9. The zero-order valence-electron chi connectivity index (χ0n) is 19.3. The van der Waals surface area contributed by atoms with Crippen molar-refractivity contribution >= 4 is 22.6 Å². The van der Waals surface area contributed by atoms with Crippen LogP contribution in [-0.4, -0.2) is 12.5 Å². The number of nitrogens with one attached hydrogen (secondary N) is 1. The van der Waals surface area contributed by atoms with Crippen LogP contribution in [-0.2, 0) is 10.2 Å². The lowest BCUT2D eigenvalue weighted by molar-refractivity contribution is -0.118. The number of hydrogen-bond donors (Lipinski definition) is 1. The van der Waals surface area contributed by atoms with Crippen LogP contribution in [0.15, 0.2) is 82.0 Å². The zero-order valence-corrected chi connectivity index (χ0v) is 19.3. The first-order valence-corrected chi connectivity index (χ1v) is 10.9. The number of rotatable bonds is 5. The number of hydrogen-bond acceptors (Lipinski definition) is 4. The summed E-state index contributed by atoms with van der Waals surface area (Å²) in [6, 6.07) is 22.4. The summed E-state index contributed by atoms with van der Waals surface area (Å²) >= 11 is 0. The zero-order chi connectivity index (χ0) is 23.6. The third-order valence-corrected chi connectivity index (χ3v) is 5.42. The maximum absolute atomic E-state index is 13.3. The van der Waals surface area contributed by atoms with Crippen LogP contribution in [0.2, 0.25) is 0 Å². The summed E-state index contributed by atoms with van der Waals surface area (Å²) in [6.45, 7) is 8.04. The summed E-state index contributed by atoms with van der Waals surface area (Å²) in [5, 5.41) is 3.17. The molecule has 1 N–H and O–H groups in total. The highest BCUT2D eigenvalue weighted by molar-refractivity contribution is 5.92. The van der Waals surface area contributed by atoms with Crippen LogP contribution in [0.3, 0.4) is 0 Å². The largest absolute Gasteiger partial charge is 0.476 e. The summed E-state index contributed by atoms with van der Waals surface area (Å²) in [5.41, 5.74) is 3.68. The number of amides is 1. The van der Waals surface area contributed by atoms with E-state index in [1.807, 2.05) is 61.5 Å². The molecule has 0 radical (unpaired) electrons. The van der Waals surface area contributed by atoms with Gasteiger partial charge in [-0.05, 0) is 47.7 Å². The lowest BCUT2D eigenvalue weighted by atomic mass is 9.86. The maximum atomic E-state index is 13.3. The van der Waals surface area contributed by atoms with Crippen molar-refractivity contribution < 1.29 is 13.9 Å². The molecule has 0 spiro atoms. The molecule has 5 nitrogen and oxygen atoms in total. The van der Waals surface area contributed by atoms with Crippen LogP contribution in [0, 0.1) is 6.92 Å². The molecular formula is C28H27NO4. The topological polar surface area (TPSA) is 68.5 Å². The van der Waals surface area contributed by atoms with E-state index in [-0.39, 0.29) is 29.1 Å². The average molecular weight is 442 g/mol. The second kappa shape index (κ2) is 8.94. The molecule has 3 aromatic carbocycles. The molecule has 1 heterocycles. The molecule has 0 aliphatic heterocycles. The molecular weight excluding hydrogens is 414 g/mol. The van der Waals surface area contributed by atoms with Gasteiger partial charge in [0.15, 0.2) is 12.4 Å². The van der Waals surface area contributed by atoms with Crippen LogP contribution < -0.4 is 15.5 Å². The van der Waals surface area contributed by atoms with E-state index in [4.69, 9.17) is 9.15 Å². The van der Waals surface area contributed by atoms with E-state index in [2.05, 4.69) is 26.1 Å². The van der Waals surface area contributed by atoms with Crippen molar-refractivity contribution in [1.29, 1.82) is 0 Å². The van der Waals surface area contributed by atoms with Crippen LogP contribution in [0.5, 0.6) is 5.75 Å². The third kappa shape index (κ3) is 4.98. The minimum atomic E-state index is -0.362. The van der Waals surface area contributed by atoms with Crippen molar-refractivity contribution in [2.24, 2.45) is 0 Å². The molecule has 0 unspecified atom stereocenters. The van der Waals surface area contributed by atoms with Crippen molar-refractivity contribution in [1.82, 2.24) is 0 Å². The Hall–Kier alpha value is -3.86. The Bertz CT molecular complexity index is 1350. The first kappa shape index (κ1) is 22.3. The van der Waals surface area contributed by atoms with Gasteiger partial charge in [0, 0.05) is 11.3 Å². The van der Waals surface area contributed by atoms with E-state index in [0.29, 0.717) is 28.0 Å². The van der Waals surface area contributed by atoms with E-state index in [1.54, 1.807) is 18.2 Å². The van der Waals surface area contributed by atoms with Gasteiger partial charge in [-0.1, -0.05) is 69.3 Å². The quantitative estimate of drug-likeness (QED) is 0.407. The molecule has 0 saturated heterocycles. The monoisotopic (exact) mass is 441 g/mol. The van der Waals surface area contributed by atoms with Gasteiger partial charge in [0.1, 0.15) is 5.58 Å². The molecule has 5 heteroatoms. The first-order valence-electron chi connectivity index (χ1n) is 10.9. The van der Waals surface area contributed by atoms with Gasteiger partial charge in [0.2, 0.25) is 11.2 Å². The maximum Gasteiger partial charge on any atom is 0.262 e. The van der Waals surface area contributed by atoms with Gasteiger partial charge in [0.05, 0.1) is 5.39 Å². The van der Waals surface area contributed by atoms with E-state index in [9.17, 15) is 9.59 Å². The Kier molecular flexibility index (Phi) is 6.05. The summed E-state index contributed by atoms with van der Waals surface area (Å²) in [5.74, 6) is -0.0252. The second-order valence-corrected chi connectivity index (χ2v) is 9.12. The number of anilines is 1. The highest BCUT2D eigenvalue weighted by atomic mass is 16.5. The number of ether oxygens (including phenoxy) is 1. The highest BCUT2D eigenvalue weighted by Gasteiger charge is 2.20. The van der Waals surface area contributed by atoms with Crippen molar-refractivity contribution in [3.8, 4) is 17.1 Å². The second-order valence-electron chi connectivity index (χ2n) is 9.12. The molecule has 0 aliphatic carbocycles. The van der Waals surface area contributed by atoms with E-state index >= 15 is 0 Å². The molecule has 1 aromatic heterocycles. The Morgan fingerprint density at radius 2 is 1.67 bits per heavy atom. The normalized spacial score (nSPS) is 11.4. The summed E-state index contributed by atoms with van der Waals surface area (Å²) in [4.78, 5) is 25.8. The Morgan fingerprint density at radius 1 is 0.970 bits per heavy atom. The van der Waals surface area contributed by atoms with Gasteiger partial charge in [0.25, 0.3) is 5.91 Å². The molecule has 4 rings (SSSR count). The SMILES string of the molecule is Cc1ccc2c(=O)c(OCC(=O)Nc3ccccc3)c(-c3ccc(C(C)(C)C)cc3)oc2c1. The highest BCUT2D eigenvalue weighted by Crippen LogP contribution is 2.33. The van der Waals surface area contributed by atoms with Crippen molar-refractivity contribution in [3.05, 3.63) is 94.1 Å². The predicted molar refractivity (Wildman–Crippen MR) is 132 cm³/mol. The Balaban J connectivity index is 1.72. The fourth-order valence-corrected chi connectivity index (χ4v) is 3.58. The molecule has 0 bridgehead atoms. The number of carbonyl (C=O) groups excluding carboxylic acids is 1. The van der Waals surface area contributed by atoms with Gasteiger partial charge in [-0.15, -0.1) is 0 Å². The lowest BCUT2D eigenvalue weighted by Gasteiger charge is -2.19. The molecule has 0 aliphatic rings. The molecule has 4 aromatic rings. The molecule has 0 fully saturated rings. The van der Waals surface area contributed by atoms with Crippen LogP contribution in [0.4, 0.5) is 5.69 Å². The lowest BCUT2D eigenvalue weighted by Crippen LogP contribution is -2.22. The van der Waals surface area contributed by atoms with Crippen LogP contribution in [0.25, 0.3) is 22.3 Å².